The summed E-state index contributed by atoms with van der Waals surface area (Å²) < 4.78 is 24.6. The van der Waals surface area contributed by atoms with Gasteiger partial charge in [-0.2, -0.15) is 0 Å². The molecule has 2 aliphatic rings. The highest BCUT2D eigenvalue weighted by atomic mass is 19.1. The van der Waals surface area contributed by atoms with Gasteiger partial charge in [0.25, 0.3) is 0 Å². The Morgan fingerprint density at radius 2 is 1.12 bits per heavy atom. The Morgan fingerprint density at radius 3 is 1.80 bits per heavy atom. The second-order valence-electron chi connectivity index (χ2n) is 23.0. The van der Waals surface area contributed by atoms with Crippen LogP contribution in [0.5, 0.6) is 0 Å². The number of aryl methyl sites for hydroxylation is 3. The van der Waals surface area contributed by atoms with Gasteiger partial charge in [0.1, 0.15) is 28.6 Å². The highest BCUT2D eigenvalue weighted by Crippen LogP contribution is 2.67. The van der Waals surface area contributed by atoms with Gasteiger partial charge in [-0.15, -0.1) is 0 Å². The first-order valence-electron chi connectivity index (χ1n) is 26.4. The summed E-state index contributed by atoms with van der Waals surface area (Å²) in [5, 5.41) is 1.96. The normalized spacial score (nSPS) is 14.5. The van der Waals surface area contributed by atoms with Crippen molar-refractivity contribution in [3.8, 4) is 33.4 Å². The lowest BCUT2D eigenvalue weighted by atomic mass is 9.70. The Kier molecular flexibility index (Phi) is 10.7. The molecule has 372 valence electrons. The van der Waals surface area contributed by atoms with E-state index in [1.165, 1.54) is 11.1 Å². The van der Waals surface area contributed by atoms with Gasteiger partial charge in [-0.1, -0.05) is 157 Å². The van der Waals surface area contributed by atoms with E-state index in [1.807, 2.05) is 24.5 Å². The summed E-state index contributed by atoms with van der Waals surface area (Å²) in [6, 6.07) is 64.5. The zero-order valence-corrected chi connectivity index (χ0v) is 44.6. The third-order valence-corrected chi connectivity index (χ3v) is 16.0. The van der Waals surface area contributed by atoms with Crippen molar-refractivity contribution in [1.82, 2.24) is 9.97 Å². The molecule has 3 heterocycles. The van der Waals surface area contributed by atoms with Gasteiger partial charge in [0.05, 0.1) is 16.5 Å². The summed E-state index contributed by atoms with van der Waals surface area (Å²) in [6.07, 6.45) is 3.90. The van der Waals surface area contributed by atoms with Crippen LogP contribution in [0, 0.1) is 26.6 Å². The molecule has 0 radical (unpaired) electrons. The molecule has 1 atom stereocenters. The smallest absolute Gasteiger partial charge is 0.145 e. The van der Waals surface area contributed by atoms with Gasteiger partial charge in [0.15, 0.2) is 0 Å². The Balaban J connectivity index is 1.17. The van der Waals surface area contributed by atoms with E-state index in [9.17, 15) is 0 Å². The van der Waals surface area contributed by atoms with Crippen molar-refractivity contribution in [2.75, 3.05) is 9.80 Å². The number of para-hydroxylation sites is 1. The summed E-state index contributed by atoms with van der Waals surface area (Å²) in [6.45, 7) is 19.8. The summed E-state index contributed by atoms with van der Waals surface area (Å²) >= 11 is 0. The summed E-state index contributed by atoms with van der Waals surface area (Å²) in [7, 11) is 0. The maximum absolute atomic E-state index is 17.3. The summed E-state index contributed by atoms with van der Waals surface area (Å²) in [5.41, 5.74) is 19.4. The molecule has 2 aliphatic carbocycles. The minimum Gasteiger partial charge on any atom is -0.455 e. The molecule has 13 rings (SSSR count). The predicted molar refractivity (Wildman–Crippen MR) is 312 cm³/mol. The first kappa shape index (κ1) is 47.1. The van der Waals surface area contributed by atoms with Crippen LogP contribution in [0.4, 0.5) is 38.8 Å². The first-order chi connectivity index (χ1) is 36.6. The minimum absolute atomic E-state index is 0.0290. The van der Waals surface area contributed by atoms with Crippen molar-refractivity contribution >= 4 is 56.3 Å². The number of anilines is 6. The molecule has 0 bridgehead atoms. The number of fused-ring (bicyclic) bond motifs is 14. The molecule has 5 nitrogen and oxygen atoms in total. The third kappa shape index (κ3) is 7.17. The highest BCUT2D eigenvalue weighted by molar-refractivity contribution is 6.20. The second kappa shape index (κ2) is 17.2. The number of furan rings is 1. The van der Waals surface area contributed by atoms with Gasteiger partial charge in [-0.05, 0) is 165 Å². The fourth-order valence-corrected chi connectivity index (χ4v) is 12.3. The zero-order valence-electron chi connectivity index (χ0n) is 44.6. The van der Waals surface area contributed by atoms with Gasteiger partial charge < -0.3 is 4.42 Å². The molecular weight excluding hydrogens is 932 g/mol. The lowest BCUT2D eigenvalue weighted by molar-refractivity contribution is 0.590. The molecule has 11 aromatic rings. The molecule has 0 saturated heterocycles. The predicted octanol–water partition coefficient (Wildman–Crippen LogP) is 19.0. The number of hydrogen-bond acceptors (Lipinski definition) is 5. The van der Waals surface area contributed by atoms with Crippen LogP contribution in [0.2, 0.25) is 0 Å². The Bertz CT molecular complexity index is 4050. The van der Waals surface area contributed by atoms with Crippen molar-refractivity contribution in [2.45, 2.75) is 78.6 Å². The number of halogens is 1. The average molecular weight is 991 g/mol. The van der Waals surface area contributed by atoms with E-state index < -0.39 is 5.41 Å². The van der Waals surface area contributed by atoms with E-state index in [2.05, 4.69) is 236 Å². The lowest BCUT2D eigenvalue weighted by Crippen LogP contribution is -2.27. The van der Waals surface area contributed by atoms with Crippen LogP contribution < -0.4 is 9.80 Å². The molecule has 1 spiro atoms. The molecule has 76 heavy (non-hydrogen) atoms. The van der Waals surface area contributed by atoms with Crippen LogP contribution in [0.25, 0.3) is 55.3 Å². The second-order valence-corrected chi connectivity index (χ2v) is 23.0. The van der Waals surface area contributed by atoms with Gasteiger partial charge >= 0.3 is 0 Å². The monoisotopic (exact) mass is 990 g/mol. The van der Waals surface area contributed by atoms with Crippen molar-refractivity contribution < 1.29 is 8.81 Å². The van der Waals surface area contributed by atoms with Crippen LogP contribution in [0.15, 0.2) is 199 Å². The number of hydrogen-bond donors (Lipinski definition) is 0. The van der Waals surface area contributed by atoms with E-state index in [4.69, 9.17) is 14.4 Å². The number of pyridine rings is 2. The van der Waals surface area contributed by atoms with Crippen LogP contribution in [0.3, 0.4) is 0 Å². The first-order valence-corrected chi connectivity index (χ1v) is 26.4. The Labute approximate surface area is 445 Å². The van der Waals surface area contributed by atoms with Crippen molar-refractivity contribution in [1.29, 1.82) is 0 Å². The van der Waals surface area contributed by atoms with Crippen molar-refractivity contribution in [3.63, 3.8) is 0 Å². The fraction of sp³-hybridized carbons (Fsp3) is 0.171. The van der Waals surface area contributed by atoms with E-state index in [0.717, 1.165) is 123 Å². The van der Waals surface area contributed by atoms with E-state index in [-0.39, 0.29) is 16.6 Å². The van der Waals surface area contributed by atoms with E-state index in [0.29, 0.717) is 5.56 Å². The van der Waals surface area contributed by atoms with Crippen molar-refractivity contribution in [2.24, 2.45) is 0 Å². The van der Waals surface area contributed by atoms with Gasteiger partial charge in [-0.25, -0.2) is 14.4 Å². The van der Waals surface area contributed by atoms with Crippen LogP contribution in [0.1, 0.15) is 91.6 Å². The van der Waals surface area contributed by atoms with Crippen LogP contribution in [-0.2, 0) is 16.2 Å². The molecule has 8 aromatic carbocycles. The van der Waals surface area contributed by atoms with Crippen LogP contribution in [-0.4, -0.2) is 9.97 Å². The third-order valence-electron chi connectivity index (χ3n) is 16.0. The molecule has 0 saturated carbocycles. The number of benzene rings is 8. The van der Waals surface area contributed by atoms with E-state index >= 15 is 4.39 Å². The maximum atomic E-state index is 17.3. The van der Waals surface area contributed by atoms with E-state index in [1.54, 1.807) is 6.07 Å². The lowest BCUT2D eigenvalue weighted by Gasteiger charge is -2.33. The molecule has 0 N–H and O–H groups in total. The quantitative estimate of drug-likeness (QED) is 0.159. The topological polar surface area (TPSA) is 45.4 Å². The number of aromatic nitrogens is 2. The molecule has 0 fully saturated rings. The fourth-order valence-electron chi connectivity index (χ4n) is 12.3. The molecule has 6 heteroatoms. The summed E-state index contributed by atoms with van der Waals surface area (Å²) in [4.78, 5) is 15.1. The Morgan fingerprint density at radius 1 is 0.487 bits per heavy atom. The molecule has 1 unspecified atom stereocenters. The van der Waals surface area contributed by atoms with Crippen LogP contribution >= 0.6 is 0 Å². The standard InChI is InChI=1S/C70H59FN4O/c1-42-25-36-61(72-40-42)74(48-30-26-46(27-31-48)68(4,5)6)50-34-35-51-56(38-50)70(54-21-15-17-44(3)62(54)65-55(70)22-16-23-58(65)71)57-39-59(64-52-20-13-14-24-60(52)76-66(64)63(51)57)75(49-32-28-47(29-33-49)69(7,8)9)67-53(37-43(2)41-73-67)45-18-11-10-12-19-45/h10-41H,1-9H3. The number of nitrogens with zero attached hydrogens (tertiary/aromatic N) is 4. The number of rotatable bonds is 7. The highest BCUT2D eigenvalue weighted by Gasteiger charge is 2.54. The van der Waals surface area contributed by atoms with Gasteiger partial charge in [0.2, 0.25) is 0 Å². The van der Waals surface area contributed by atoms with Crippen molar-refractivity contribution in [3.05, 3.63) is 250 Å². The van der Waals surface area contributed by atoms with Gasteiger partial charge in [-0.3, -0.25) is 9.80 Å². The zero-order chi connectivity index (χ0) is 52.4. The molecular formula is C70H59FN4O. The maximum Gasteiger partial charge on any atom is 0.145 e. The summed E-state index contributed by atoms with van der Waals surface area (Å²) in [5.74, 6) is 1.33. The molecule has 3 aromatic heterocycles. The molecule has 0 amide bonds. The average Bonchev–Trinajstić information content (AvgIpc) is 4.09. The molecule has 0 aliphatic heterocycles. The Hall–Kier alpha value is -8.61. The largest absolute Gasteiger partial charge is 0.455 e. The SMILES string of the molecule is Cc1ccc(N(c2ccc(C(C)(C)C)cc2)c2ccc3c(c2)C2(c4cccc(C)c4-c4c(F)cccc42)c2cc(N(c4ccc(C(C)(C)C)cc4)c4ncc(C)cc4-c4ccccc4)c4c(oc5ccccc54)c2-3)nc1. The van der Waals surface area contributed by atoms with Gasteiger partial charge in [0, 0.05) is 51.5 Å². The minimum atomic E-state index is -1.01.